The van der Waals surface area contributed by atoms with E-state index in [-0.39, 0.29) is 5.78 Å². The molecule has 1 heterocycles. The minimum absolute atomic E-state index is 0.0338. The maximum atomic E-state index is 11.8. The van der Waals surface area contributed by atoms with Crippen molar-refractivity contribution >= 4 is 28.3 Å². The highest BCUT2D eigenvalue weighted by Crippen LogP contribution is 2.21. The zero-order valence-electron chi connectivity index (χ0n) is 8.67. The summed E-state index contributed by atoms with van der Waals surface area (Å²) in [6, 6.07) is 5.98. The number of aromatic amines is 1. The van der Waals surface area contributed by atoms with Crippen molar-refractivity contribution in [3.8, 4) is 0 Å². The number of carbonyl (C=O) groups is 1. The quantitative estimate of drug-likeness (QED) is 0.613. The molecule has 2 nitrogen and oxygen atoms in total. The molecular formula is C12H12ClNO. The van der Waals surface area contributed by atoms with Crippen LogP contribution in [0.2, 0.25) is 0 Å². The molecule has 15 heavy (non-hydrogen) atoms. The van der Waals surface area contributed by atoms with Gasteiger partial charge >= 0.3 is 0 Å². The smallest absolute Gasteiger partial charge is 0.182 e. The highest BCUT2D eigenvalue weighted by atomic mass is 35.5. The number of nitrogens with one attached hydrogen (secondary N) is 1. The van der Waals surface area contributed by atoms with Crippen LogP contribution in [0, 0.1) is 6.92 Å². The third-order valence-electron chi connectivity index (χ3n) is 2.46. The lowest BCUT2D eigenvalue weighted by Crippen LogP contribution is -2.09. The van der Waals surface area contributed by atoms with E-state index in [0.29, 0.717) is 5.56 Å². The van der Waals surface area contributed by atoms with Gasteiger partial charge in [-0.25, -0.2) is 0 Å². The summed E-state index contributed by atoms with van der Waals surface area (Å²) in [6.45, 7) is 3.70. The fourth-order valence-electron chi connectivity index (χ4n) is 1.65. The van der Waals surface area contributed by atoms with E-state index in [1.54, 1.807) is 13.1 Å². The van der Waals surface area contributed by atoms with Crippen molar-refractivity contribution in [2.24, 2.45) is 0 Å². The van der Waals surface area contributed by atoms with Crippen molar-refractivity contribution in [1.82, 2.24) is 4.98 Å². The SMILES string of the molecule is Cc1ccc2[nH]cc(C(=O)C(C)Cl)c2c1. The van der Waals surface area contributed by atoms with Gasteiger partial charge in [0.05, 0.1) is 5.38 Å². The van der Waals surface area contributed by atoms with E-state index in [2.05, 4.69) is 4.98 Å². The Hall–Kier alpha value is -1.28. The summed E-state index contributed by atoms with van der Waals surface area (Å²) >= 11 is 5.80. The molecule has 0 fully saturated rings. The number of hydrogen-bond donors (Lipinski definition) is 1. The molecule has 0 aliphatic rings. The molecule has 78 valence electrons. The number of fused-ring (bicyclic) bond motifs is 1. The summed E-state index contributed by atoms with van der Waals surface area (Å²) < 4.78 is 0. The molecular weight excluding hydrogens is 210 g/mol. The number of benzene rings is 1. The third-order valence-corrected chi connectivity index (χ3v) is 2.66. The average molecular weight is 222 g/mol. The highest BCUT2D eigenvalue weighted by molar-refractivity contribution is 6.34. The molecule has 1 unspecified atom stereocenters. The van der Waals surface area contributed by atoms with E-state index in [9.17, 15) is 4.79 Å². The van der Waals surface area contributed by atoms with Crippen molar-refractivity contribution in [2.45, 2.75) is 19.2 Å². The summed E-state index contributed by atoms with van der Waals surface area (Å²) in [5.74, 6) is -0.0338. The normalized spacial score (nSPS) is 13.0. The Balaban J connectivity index is 2.62. The van der Waals surface area contributed by atoms with Gasteiger partial charge in [-0.3, -0.25) is 4.79 Å². The van der Waals surface area contributed by atoms with Gasteiger partial charge in [-0.05, 0) is 26.0 Å². The number of halogens is 1. The zero-order chi connectivity index (χ0) is 11.0. The lowest BCUT2D eigenvalue weighted by Gasteiger charge is -2.00. The number of aryl methyl sites for hydroxylation is 1. The monoisotopic (exact) mass is 221 g/mol. The van der Waals surface area contributed by atoms with E-state index in [1.807, 2.05) is 25.1 Å². The Bertz CT molecular complexity index is 513. The summed E-state index contributed by atoms with van der Waals surface area (Å²) in [7, 11) is 0. The lowest BCUT2D eigenvalue weighted by molar-refractivity contribution is 0.0993. The Kier molecular flexibility index (Phi) is 2.53. The van der Waals surface area contributed by atoms with Crippen LogP contribution in [-0.2, 0) is 0 Å². The molecule has 1 N–H and O–H groups in total. The number of rotatable bonds is 2. The molecule has 0 bridgehead atoms. The van der Waals surface area contributed by atoms with E-state index < -0.39 is 5.38 Å². The zero-order valence-corrected chi connectivity index (χ0v) is 9.43. The molecule has 0 aliphatic carbocycles. The molecule has 0 radical (unpaired) electrons. The second kappa shape index (κ2) is 3.70. The van der Waals surface area contributed by atoms with Crippen molar-refractivity contribution in [3.63, 3.8) is 0 Å². The van der Waals surface area contributed by atoms with Gasteiger partial charge in [0.1, 0.15) is 0 Å². The van der Waals surface area contributed by atoms with E-state index in [4.69, 9.17) is 11.6 Å². The molecule has 3 heteroatoms. The Morgan fingerprint density at radius 3 is 2.87 bits per heavy atom. The molecule has 0 saturated carbocycles. The summed E-state index contributed by atoms with van der Waals surface area (Å²) in [5.41, 5.74) is 2.79. The van der Waals surface area contributed by atoms with Crippen LogP contribution in [0.4, 0.5) is 0 Å². The molecule has 2 rings (SSSR count). The fraction of sp³-hybridized carbons (Fsp3) is 0.250. The summed E-state index contributed by atoms with van der Waals surface area (Å²) in [5, 5.41) is 0.469. The van der Waals surface area contributed by atoms with E-state index >= 15 is 0 Å². The van der Waals surface area contributed by atoms with Crippen LogP contribution < -0.4 is 0 Å². The lowest BCUT2D eigenvalue weighted by atomic mass is 10.1. The number of alkyl halides is 1. The Morgan fingerprint density at radius 1 is 1.47 bits per heavy atom. The summed E-state index contributed by atoms with van der Waals surface area (Å²) in [4.78, 5) is 14.9. The van der Waals surface area contributed by atoms with Gasteiger partial charge in [-0.1, -0.05) is 11.6 Å². The van der Waals surface area contributed by atoms with Crippen molar-refractivity contribution in [3.05, 3.63) is 35.5 Å². The van der Waals surface area contributed by atoms with E-state index in [1.165, 1.54) is 0 Å². The first-order valence-corrected chi connectivity index (χ1v) is 5.29. The first-order valence-electron chi connectivity index (χ1n) is 4.85. The van der Waals surface area contributed by atoms with Crippen LogP contribution in [0.5, 0.6) is 0 Å². The standard InChI is InChI=1S/C12H12ClNO/c1-7-3-4-11-9(5-7)10(6-14-11)12(15)8(2)13/h3-6,8,14H,1-2H3. The number of aromatic nitrogens is 1. The first kappa shape index (κ1) is 10.2. The second-order valence-corrected chi connectivity index (χ2v) is 4.39. The number of hydrogen-bond acceptors (Lipinski definition) is 1. The van der Waals surface area contributed by atoms with Gasteiger partial charge in [-0.15, -0.1) is 11.6 Å². The molecule has 1 aromatic heterocycles. The first-order chi connectivity index (χ1) is 7.09. The van der Waals surface area contributed by atoms with Crippen molar-refractivity contribution < 1.29 is 4.79 Å². The molecule has 0 spiro atoms. The van der Waals surface area contributed by atoms with Crippen LogP contribution in [0.15, 0.2) is 24.4 Å². The third kappa shape index (κ3) is 1.77. The maximum absolute atomic E-state index is 11.8. The Morgan fingerprint density at radius 2 is 2.20 bits per heavy atom. The predicted octanol–water partition coefficient (Wildman–Crippen LogP) is 3.29. The van der Waals surface area contributed by atoms with Crippen LogP contribution >= 0.6 is 11.6 Å². The fourth-order valence-corrected chi connectivity index (χ4v) is 1.77. The maximum Gasteiger partial charge on any atom is 0.182 e. The predicted molar refractivity (Wildman–Crippen MR) is 62.7 cm³/mol. The van der Waals surface area contributed by atoms with Gasteiger partial charge < -0.3 is 4.98 Å². The minimum atomic E-state index is -0.482. The Labute approximate surface area is 93.2 Å². The topological polar surface area (TPSA) is 32.9 Å². The van der Waals surface area contributed by atoms with Crippen LogP contribution in [-0.4, -0.2) is 16.1 Å². The molecule has 2 aromatic rings. The number of ketones is 1. The molecule has 0 aliphatic heterocycles. The van der Waals surface area contributed by atoms with Crippen molar-refractivity contribution in [2.75, 3.05) is 0 Å². The van der Waals surface area contributed by atoms with Crippen LogP contribution in [0.25, 0.3) is 10.9 Å². The number of carbonyl (C=O) groups excluding carboxylic acids is 1. The van der Waals surface area contributed by atoms with Crippen LogP contribution in [0.3, 0.4) is 0 Å². The van der Waals surface area contributed by atoms with Gasteiger partial charge in [0.2, 0.25) is 0 Å². The minimum Gasteiger partial charge on any atom is -0.360 e. The van der Waals surface area contributed by atoms with Gasteiger partial charge in [-0.2, -0.15) is 0 Å². The van der Waals surface area contributed by atoms with Crippen molar-refractivity contribution in [1.29, 1.82) is 0 Å². The van der Waals surface area contributed by atoms with Gasteiger partial charge in [0.25, 0.3) is 0 Å². The van der Waals surface area contributed by atoms with Gasteiger partial charge in [0.15, 0.2) is 5.78 Å². The molecule has 0 saturated heterocycles. The van der Waals surface area contributed by atoms with E-state index in [0.717, 1.165) is 16.5 Å². The summed E-state index contributed by atoms with van der Waals surface area (Å²) in [6.07, 6.45) is 1.73. The second-order valence-electron chi connectivity index (χ2n) is 3.73. The largest absolute Gasteiger partial charge is 0.360 e. The molecule has 1 aromatic carbocycles. The average Bonchev–Trinajstić information content (AvgIpc) is 2.59. The van der Waals surface area contributed by atoms with Gasteiger partial charge in [0, 0.05) is 22.7 Å². The highest BCUT2D eigenvalue weighted by Gasteiger charge is 2.16. The molecule has 1 atom stereocenters. The molecule has 0 amide bonds. The van der Waals surface area contributed by atoms with Crippen LogP contribution in [0.1, 0.15) is 22.8 Å². The number of H-pyrrole nitrogens is 1. The number of Topliss-reactive ketones (excluding diaryl/α,β-unsaturated/α-hetero) is 1.